The zero-order valence-corrected chi connectivity index (χ0v) is 12.4. The van der Waals surface area contributed by atoms with Crippen molar-refractivity contribution in [1.82, 2.24) is 0 Å². The van der Waals surface area contributed by atoms with Crippen molar-refractivity contribution in [1.29, 1.82) is 0 Å². The van der Waals surface area contributed by atoms with E-state index in [2.05, 4.69) is 6.92 Å². The molecule has 0 aliphatic carbocycles. The minimum absolute atomic E-state index is 0.256. The first-order valence-electron chi connectivity index (χ1n) is 6.39. The van der Waals surface area contributed by atoms with E-state index in [1.165, 1.54) is 0 Å². The zero-order chi connectivity index (χ0) is 13.3. The highest BCUT2D eigenvalue weighted by Crippen LogP contribution is 2.31. The average molecular weight is 297 g/mol. The molecule has 0 saturated carbocycles. The van der Waals surface area contributed by atoms with Crippen molar-refractivity contribution in [3.63, 3.8) is 0 Å². The van der Waals surface area contributed by atoms with Gasteiger partial charge in [0.15, 0.2) is 0 Å². The Hall–Kier alpha value is 0.0400. The summed E-state index contributed by atoms with van der Waals surface area (Å²) >= 11 is 11.2. The third-order valence-corrected chi connectivity index (χ3v) is 3.50. The predicted octanol–water partition coefficient (Wildman–Crippen LogP) is 3.54. The first kappa shape index (κ1) is 16.1. The summed E-state index contributed by atoms with van der Waals surface area (Å²) in [6.45, 7) is 5.76. The quantitative estimate of drug-likeness (QED) is 0.351. The number of hydrogen-bond acceptors (Lipinski definition) is 3. The van der Waals surface area contributed by atoms with E-state index in [-0.39, 0.29) is 10.3 Å². The van der Waals surface area contributed by atoms with Crippen LogP contribution < -0.4 is 0 Å². The molecule has 0 amide bonds. The summed E-state index contributed by atoms with van der Waals surface area (Å²) in [6, 6.07) is 0. The van der Waals surface area contributed by atoms with Gasteiger partial charge in [-0.05, 0) is 25.3 Å². The van der Waals surface area contributed by atoms with Crippen molar-refractivity contribution in [3.8, 4) is 0 Å². The molecular weight excluding hydrogens is 275 g/mol. The molecule has 0 aromatic carbocycles. The summed E-state index contributed by atoms with van der Waals surface area (Å²) in [5, 5.41) is 0. The molecule has 0 atom stereocenters. The second-order valence-electron chi connectivity index (χ2n) is 4.61. The molecule has 0 bridgehead atoms. The Morgan fingerprint density at radius 2 is 2.11 bits per heavy atom. The monoisotopic (exact) mass is 296 g/mol. The van der Waals surface area contributed by atoms with E-state index < -0.39 is 0 Å². The summed E-state index contributed by atoms with van der Waals surface area (Å²) in [6.07, 6.45) is 6.28. The van der Waals surface area contributed by atoms with Gasteiger partial charge in [-0.1, -0.05) is 6.92 Å². The van der Waals surface area contributed by atoms with Crippen molar-refractivity contribution in [2.45, 2.75) is 31.0 Å². The van der Waals surface area contributed by atoms with E-state index in [0.29, 0.717) is 13.2 Å². The van der Waals surface area contributed by atoms with Crippen LogP contribution in [0.5, 0.6) is 0 Å². The summed E-state index contributed by atoms with van der Waals surface area (Å²) in [4.78, 5) is -0.298. The van der Waals surface area contributed by atoms with Gasteiger partial charge < -0.3 is 14.2 Å². The molecule has 0 aromatic heterocycles. The van der Waals surface area contributed by atoms with Crippen LogP contribution in [0.1, 0.15) is 26.2 Å². The van der Waals surface area contributed by atoms with Gasteiger partial charge in [-0.3, -0.25) is 0 Å². The van der Waals surface area contributed by atoms with Gasteiger partial charge in [-0.2, -0.15) is 0 Å². The van der Waals surface area contributed by atoms with Gasteiger partial charge in [0.25, 0.3) is 0 Å². The fraction of sp³-hybridized carbons (Fsp3) is 0.846. The molecule has 1 saturated heterocycles. The molecule has 1 aliphatic heterocycles. The van der Waals surface area contributed by atoms with E-state index >= 15 is 0 Å². The highest BCUT2D eigenvalue weighted by Gasteiger charge is 2.36. The summed E-state index contributed by atoms with van der Waals surface area (Å²) in [5.74, 6) is 0. The molecule has 0 radical (unpaired) electrons. The third kappa shape index (κ3) is 6.28. The Morgan fingerprint density at radius 1 is 1.33 bits per heavy atom. The standard InChI is InChI=1S/C13H22Cl2O3/c1-2-13(10-18-11-13)9-17-8-7-16-6-4-3-5-12(14)15/h4,6,12H,2-3,5,7-11H2,1H3. The lowest BCUT2D eigenvalue weighted by Gasteiger charge is -2.40. The molecule has 106 valence electrons. The van der Waals surface area contributed by atoms with Crippen LogP contribution in [0.2, 0.25) is 0 Å². The molecule has 18 heavy (non-hydrogen) atoms. The number of alkyl halides is 2. The Morgan fingerprint density at radius 3 is 2.67 bits per heavy atom. The lowest BCUT2D eigenvalue weighted by Crippen LogP contribution is -2.45. The summed E-state index contributed by atoms with van der Waals surface area (Å²) < 4.78 is 16.1. The fourth-order valence-corrected chi connectivity index (χ4v) is 1.85. The average Bonchev–Trinajstić information content (AvgIpc) is 2.29. The number of rotatable bonds is 10. The third-order valence-electron chi connectivity index (χ3n) is 3.06. The number of ether oxygens (including phenoxy) is 3. The SMILES string of the molecule is CCC1(COCCOC=CCCC(Cl)Cl)COC1. The van der Waals surface area contributed by atoms with Gasteiger partial charge in [-0.15, -0.1) is 23.2 Å². The van der Waals surface area contributed by atoms with Gasteiger partial charge in [-0.25, -0.2) is 0 Å². The Labute approximate surface area is 119 Å². The van der Waals surface area contributed by atoms with E-state index in [1.54, 1.807) is 6.26 Å². The van der Waals surface area contributed by atoms with Crippen molar-refractivity contribution in [2.75, 3.05) is 33.0 Å². The van der Waals surface area contributed by atoms with Gasteiger partial charge in [0.2, 0.25) is 0 Å². The first-order chi connectivity index (χ1) is 8.68. The molecule has 0 spiro atoms. The van der Waals surface area contributed by atoms with Crippen molar-refractivity contribution in [2.24, 2.45) is 5.41 Å². The number of hydrogen-bond donors (Lipinski definition) is 0. The van der Waals surface area contributed by atoms with Crippen molar-refractivity contribution < 1.29 is 14.2 Å². The molecule has 0 unspecified atom stereocenters. The van der Waals surface area contributed by atoms with Gasteiger partial charge in [0, 0.05) is 5.41 Å². The van der Waals surface area contributed by atoms with Crippen LogP contribution in [0, 0.1) is 5.41 Å². The van der Waals surface area contributed by atoms with Crippen LogP contribution >= 0.6 is 23.2 Å². The van der Waals surface area contributed by atoms with Crippen LogP contribution in [0.3, 0.4) is 0 Å². The molecule has 1 rings (SSSR count). The first-order valence-corrected chi connectivity index (χ1v) is 7.26. The molecule has 1 aliphatic rings. The topological polar surface area (TPSA) is 27.7 Å². The molecule has 1 heterocycles. The number of allylic oxidation sites excluding steroid dienone is 1. The maximum absolute atomic E-state index is 5.60. The number of halogens is 2. The minimum atomic E-state index is -0.298. The minimum Gasteiger partial charge on any atom is -0.499 e. The molecular formula is C13H22Cl2O3. The molecule has 3 nitrogen and oxygen atoms in total. The van der Waals surface area contributed by atoms with Crippen LogP contribution in [0.15, 0.2) is 12.3 Å². The van der Waals surface area contributed by atoms with Gasteiger partial charge in [0.05, 0.1) is 32.7 Å². The van der Waals surface area contributed by atoms with E-state index in [1.807, 2.05) is 6.08 Å². The Bertz CT molecular complexity index is 235. The smallest absolute Gasteiger partial charge is 0.111 e. The van der Waals surface area contributed by atoms with Crippen LogP contribution in [-0.2, 0) is 14.2 Å². The maximum atomic E-state index is 5.60. The zero-order valence-electron chi connectivity index (χ0n) is 10.9. The normalized spacial score (nSPS) is 18.2. The molecule has 0 N–H and O–H groups in total. The highest BCUT2D eigenvalue weighted by atomic mass is 35.5. The predicted molar refractivity (Wildman–Crippen MR) is 74.2 cm³/mol. The second-order valence-corrected chi connectivity index (χ2v) is 5.89. The van der Waals surface area contributed by atoms with E-state index in [4.69, 9.17) is 37.4 Å². The van der Waals surface area contributed by atoms with Gasteiger partial charge in [0.1, 0.15) is 11.4 Å². The van der Waals surface area contributed by atoms with Gasteiger partial charge >= 0.3 is 0 Å². The second kappa shape index (κ2) is 9.03. The van der Waals surface area contributed by atoms with Crippen LogP contribution in [-0.4, -0.2) is 37.9 Å². The van der Waals surface area contributed by atoms with E-state index in [9.17, 15) is 0 Å². The summed E-state index contributed by atoms with van der Waals surface area (Å²) in [7, 11) is 0. The molecule has 1 fully saturated rings. The Kier molecular flexibility index (Phi) is 8.07. The molecule has 5 heteroatoms. The summed E-state index contributed by atoms with van der Waals surface area (Å²) in [5.41, 5.74) is 0.256. The van der Waals surface area contributed by atoms with E-state index in [0.717, 1.165) is 39.1 Å². The highest BCUT2D eigenvalue weighted by molar-refractivity contribution is 6.44. The van der Waals surface area contributed by atoms with Crippen LogP contribution in [0.25, 0.3) is 0 Å². The maximum Gasteiger partial charge on any atom is 0.111 e. The fourth-order valence-electron chi connectivity index (χ4n) is 1.60. The lowest BCUT2D eigenvalue weighted by molar-refractivity contribution is -0.151. The largest absolute Gasteiger partial charge is 0.499 e. The van der Waals surface area contributed by atoms with Crippen LogP contribution in [0.4, 0.5) is 0 Å². The van der Waals surface area contributed by atoms with Crippen molar-refractivity contribution >= 4 is 23.2 Å². The lowest BCUT2D eigenvalue weighted by atomic mass is 9.84. The Balaban J connectivity index is 1.89. The van der Waals surface area contributed by atoms with Crippen molar-refractivity contribution in [3.05, 3.63) is 12.3 Å². The molecule has 0 aromatic rings.